The Kier molecular flexibility index (Phi) is 9.23. The molecule has 0 aromatic carbocycles. The third-order valence-corrected chi connectivity index (χ3v) is 5.73. The van der Waals surface area contributed by atoms with Crippen molar-refractivity contribution in [2.24, 2.45) is 0 Å². The van der Waals surface area contributed by atoms with Gasteiger partial charge >= 0.3 is 0 Å². The summed E-state index contributed by atoms with van der Waals surface area (Å²) in [5.74, 6) is 3.70. The van der Waals surface area contributed by atoms with Crippen molar-refractivity contribution >= 4 is 34.9 Å². The van der Waals surface area contributed by atoms with E-state index >= 15 is 0 Å². The lowest BCUT2D eigenvalue weighted by molar-refractivity contribution is -0.404. The first-order chi connectivity index (χ1) is 12.2. The Bertz CT molecular complexity index is 588. The third-order valence-electron chi connectivity index (χ3n) is 2.81. The standard InChI is InChI=1S/C14H19N5O3S3/c20-19(21)9-13(15-2-6-23-10-12-1-5-22-18-12)16-3-7-24-11-14-17-4-8-25-14/h1,4-5,8-9,15-16H,2-3,6-7,10-11H2/b13-9-. The maximum Gasteiger partial charge on any atom is 0.274 e. The topological polar surface area (TPSA) is 106 Å². The van der Waals surface area contributed by atoms with Crippen LogP contribution < -0.4 is 10.6 Å². The lowest BCUT2D eigenvalue weighted by Gasteiger charge is -2.10. The third kappa shape index (κ3) is 8.79. The smallest absolute Gasteiger partial charge is 0.274 e. The maximum atomic E-state index is 10.7. The van der Waals surface area contributed by atoms with Gasteiger partial charge in [0.25, 0.3) is 6.20 Å². The van der Waals surface area contributed by atoms with Crippen LogP contribution in [0.15, 0.2) is 40.5 Å². The summed E-state index contributed by atoms with van der Waals surface area (Å²) in [7, 11) is 0. The average molecular weight is 402 g/mol. The molecule has 0 bridgehead atoms. The molecule has 0 aliphatic heterocycles. The Morgan fingerprint density at radius 1 is 1.32 bits per heavy atom. The van der Waals surface area contributed by atoms with E-state index in [1.54, 1.807) is 47.3 Å². The van der Waals surface area contributed by atoms with E-state index in [4.69, 9.17) is 4.52 Å². The van der Waals surface area contributed by atoms with Crippen LogP contribution in [-0.4, -0.2) is 39.7 Å². The van der Waals surface area contributed by atoms with Gasteiger partial charge in [0.2, 0.25) is 0 Å². The molecule has 2 aromatic heterocycles. The van der Waals surface area contributed by atoms with Crippen molar-refractivity contribution in [2.75, 3.05) is 24.6 Å². The van der Waals surface area contributed by atoms with E-state index in [1.807, 2.05) is 11.4 Å². The van der Waals surface area contributed by atoms with Crippen LogP contribution in [0.1, 0.15) is 10.7 Å². The Hall–Kier alpha value is -1.72. The average Bonchev–Trinajstić information content (AvgIpc) is 3.27. The van der Waals surface area contributed by atoms with Crippen LogP contribution in [0.2, 0.25) is 0 Å². The number of nitrogens with one attached hydrogen (secondary N) is 2. The molecule has 2 rings (SSSR count). The fourth-order valence-corrected chi connectivity index (χ4v) is 4.06. The molecule has 0 saturated heterocycles. The Morgan fingerprint density at radius 2 is 2.08 bits per heavy atom. The van der Waals surface area contributed by atoms with Crippen molar-refractivity contribution in [3.05, 3.63) is 56.7 Å². The number of nitro groups is 1. The van der Waals surface area contributed by atoms with E-state index in [0.717, 1.165) is 39.9 Å². The molecule has 0 spiro atoms. The number of thioether (sulfide) groups is 2. The van der Waals surface area contributed by atoms with Crippen molar-refractivity contribution in [1.82, 2.24) is 20.8 Å². The number of nitrogens with zero attached hydrogens (tertiary/aromatic N) is 3. The summed E-state index contributed by atoms with van der Waals surface area (Å²) in [5.41, 5.74) is 0.890. The van der Waals surface area contributed by atoms with Crippen LogP contribution in [0.25, 0.3) is 0 Å². The first-order valence-electron chi connectivity index (χ1n) is 7.50. The van der Waals surface area contributed by atoms with Crippen LogP contribution in [0.3, 0.4) is 0 Å². The Morgan fingerprint density at radius 3 is 2.68 bits per heavy atom. The summed E-state index contributed by atoms with van der Waals surface area (Å²) in [6.07, 6.45) is 4.30. The van der Waals surface area contributed by atoms with Crippen molar-refractivity contribution in [3.8, 4) is 0 Å². The van der Waals surface area contributed by atoms with Crippen LogP contribution in [0.4, 0.5) is 0 Å². The molecule has 11 heteroatoms. The van der Waals surface area contributed by atoms with Gasteiger partial charge in [-0.3, -0.25) is 10.1 Å². The van der Waals surface area contributed by atoms with Gasteiger partial charge in [0.05, 0.1) is 10.6 Å². The van der Waals surface area contributed by atoms with Crippen LogP contribution >= 0.6 is 34.9 Å². The highest BCUT2D eigenvalue weighted by Crippen LogP contribution is 2.13. The van der Waals surface area contributed by atoms with Gasteiger partial charge in [-0.2, -0.15) is 23.5 Å². The normalized spacial score (nSPS) is 11.4. The molecule has 0 aliphatic rings. The van der Waals surface area contributed by atoms with Crippen LogP contribution in [0, 0.1) is 10.1 Å². The molecule has 2 heterocycles. The lowest BCUT2D eigenvalue weighted by Crippen LogP contribution is -2.30. The van der Waals surface area contributed by atoms with Gasteiger partial charge in [0.15, 0.2) is 5.82 Å². The lowest BCUT2D eigenvalue weighted by atomic mass is 10.5. The first-order valence-corrected chi connectivity index (χ1v) is 10.7. The molecule has 0 amide bonds. The van der Waals surface area contributed by atoms with Gasteiger partial charge in [0, 0.05) is 53.7 Å². The summed E-state index contributed by atoms with van der Waals surface area (Å²) in [6, 6.07) is 1.82. The summed E-state index contributed by atoms with van der Waals surface area (Å²) in [6.45, 7) is 1.27. The predicted molar refractivity (Wildman–Crippen MR) is 102 cm³/mol. The SMILES string of the molecule is O=[N+]([O-])/C=C(/NCCSCc1ccon1)NCCSCc1nccs1. The van der Waals surface area contributed by atoms with Gasteiger partial charge < -0.3 is 15.2 Å². The molecule has 0 unspecified atom stereocenters. The minimum atomic E-state index is -0.458. The van der Waals surface area contributed by atoms with Crippen molar-refractivity contribution in [2.45, 2.75) is 11.5 Å². The Balaban J connectivity index is 1.58. The molecule has 0 fully saturated rings. The van der Waals surface area contributed by atoms with Gasteiger partial charge in [0.1, 0.15) is 11.3 Å². The summed E-state index contributed by atoms with van der Waals surface area (Å²) in [4.78, 5) is 14.5. The monoisotopic (exact) mass is 401 g/mol. The molecule has 0 aliphatic carbocycles. The quantitative estimate of drug-likeness (QED) is 0.297. The highest BCUT2D eigenvalue weighted by molar-refractivity contribution is 7.98. The number of rotatable bonds is 13. The highest BCUT2D eigenvalue weighted by Gasteiger charge is 2.03. The second-order valence-corrected chi connectivity index (χ2v) is 7.89. The van der Waals surface area contributed by atoms with E-state index in [9.17, 15) is 10.1 Å². The van der Waals surface area contributed by atoms with E-state index in [-0.39, 0.29) is 0 Å². The van der Waals surface area contributed by atoms with Crippen LogP contribution in [-0.2, 0) is 11.5 Å². The van der Waals surface area contributed by atoms with Crippen molar-refractivity contribution in [1.29, 1.82) is 0 Å². The number of thiazole rings is 1. The molecule has 2 aromatic rings. The molecule has 25 heavy (non-hydrogen) atoms. The summed E-state index contributed by atoms with van der Waals surface area (Å²) < 4.78 is 4.76. The minimum absolute atomic E-state index is 0.432. The van der Waals surface area contributed by atoms with E-state index in [0.29, 0.717) is 18.9 Å². The molecule has 0 saturated carbocycles. The summed E-state index contributed by atoms with van der Waals surface area (Å²) >= 11 is 5.06. The molecular formula is C14H19N5O3S3. The largest absolute Gasteiger partial charge is 0.366 e. The van der Waals surface area contributed by atoms with Gasteiger partial charge in [-0.15, -0.1) is 11.3 Å². The Labute approximate surface area is 158 Å². The van der Waals surface area contributed by atoms with Crippen molar-refractivity contribution in [3.63, 3.8) is 0 Å². The van der Waals surface area contributed by atoms with E-state index < -0.39 is 4.92 Å². The molecule has 0 radical (unpaired) electrons. The highest BCUT2D eigenvalue weighted by atomic mass is 32.2. The number of hydrogen-bond donors (Lipinski definition) is 2. The number of hydrogen-bond acceptors (Lipinski definition) is 10. The fourth-order valence-electron chi connectivity index (χ4n) is 1.75. The van der Waals surface area contributed by atoms with Gasteiger partial charge in [-0.25, -0.2) is 4.98 Å². The molecular weight excluding hydrogens is 382 g/mol. The van der Waals surface area contributed by atoms with E-state index in [2.05, 4.69) is 20.8 Å². The zero-order valence-corrected chi connectivity index (χ0v) is 15.9. The van der Waals surface area contributed by atoms with Crippen molar-refractivity contribution < 1.29 is 9.45 Å². The second kappa shape index (κ2) is 11.8. The molecule has 0 atom stereocenters. The zero-order valence-electron chi connectivity index (χ0n) is 13.4. The second-order valence-electron chi connectivity index (χ2n) is 4.70. The molecule has 2 N–H and O–H groups in total. The maximum absolute atomic E-state index is 10.7. The predicted octanol–water partition coefficient (Wildman–Crippen LogP) is 2.55. The first kappa shape index (κ1) is 19.6. The van der Waals surface area contributed by atoms with E-state index in [1.165, 1.54) is 0 Å². The fraction of sp³-hybridized carbons (Fsp3) is 0.429. The summed E-state index contributed by atoms with van der Waals surface area (Å²) in [5, 5.41) is 23.7. The number of aromatic nitrogens is 2. The van der Waals surface area contributed by atoms with Gasteiger partial charge in [-0.05, 0) is 0 Å². The zero-order chi connectivity index (χ0) is 17.7. The van der Waals surface area contributed by atoms with Gasteiger partial charge in [-0.1, -0.05) is 5.16 Å². The molecule has 136 valence electrons. The van der Waals surface area contributed by atoms with Crippen LogP contribution in [0.5, 0.6) is 0 Å². The minimum Gasteiger partial charge on any atom is -0.366 e. The molecule has 8 nitrogen and oxygen atoms in total.